The van der Waals surface area contributed by atoms with Gasteiger partial charge in [0, 0.05) is 22.5 Å². The number of carbonyl (C=O) groups excluding carboxylic acids is 1. The van der Waals surface area contributed by atoms with Gasteiger partial charge in [-0.05, 0) is 80.8 Å². The van der Waals surface area contributed by atoms with Gasteiger partial charge in [0.05, 0.1) is 17.1 Å². The molecule has 0 bridgehead atoms. The Bertz CT molecular complexity index is 1100. The van der Waals surface area contributed by atoms with Gasteiger partial charge in [-0.1, -0.05) is 29.3 Å². The van der Waals surface area contributed by atoms with Crippen LogP contribution < -0.4 is 10.1 Å². The zero-order valence-corrected chi connectivity index (χ0v) is 19.1. The van der Waals surface area contributed by atoms with Gasteiger partial charge in [0.15, 0.2) is 0 Å². The van der Waals surface area contributed by atoms with Crippen molar-refractivity contribution in [3.63, 3.8) is 0 Å². The van der Waals surface area contributed by atoms with E-state index >= 15 is 0 Å². The van der Waals surface area contributed by atoms with Gasteiger partial charge in [-0.2, -0.15) is 0 Å². The first kappa shape index (κ1) is 22.8. The summed E-state index contributed by atoms with van der Waals surface area (Å²) in [5, 5.41) is 4.80. The molecule has 1 aliphatic carbocycles. The van der Waals surface area contributed by atoms with Gasteiger partial charge in [-0.3, -0.25) is 4.79 Å². The first-order valence-corrected chi connectivity index (χ1v) is 11.7. The Morgan fingerprint density at radius 2 is 1.88 bits per heavy atom. The van der Waals surface area contributed by atoms with Gasteiger partial charge in [-0.15, -0.1) is 0 Å². The van der Waals surface area contributed by atoms with Crippen molar-refractivity contribution in [2.24, 2.45) is 5.92 Å². The molecule has 0 unspecified atom stereocenters. The van der Waals surface area contributed by atoms with Crippen molar-refractivity contribution in [3.05, 3.63) is 70.1 Å². The van der Waals surface area contributed by atoms with Gasteiger partial charge >= 0.3 is 0 Å². The lowest BCUT2D eigenvalue weighted by Crippen LogP contribution is -2.38. The van der Waals surface area contributed by atoms with Crippen molar-refractivity contribution in [3.8, 4) is 5.75 Å². The SMILES string of the molecule is O=C(NC1CCC(CCCOc2ccc(Cl)c(F)c2)CC1)c1ccc2cc(Cl)ccc2n1. The van der Waals surface area contributed by atoms with Crippen LogP contribution in [0.4, 0.5) is 4.39 Å². The fourth-order valence-corrected chi connectivity index (χ4v) is 4.50. The van der Waals surface area contributed by atoms with Gasteiger partial charge in [0.25, 0.3) is 5.91 Å². The third kappa shape index (κ3) is 5.90. The van der Waals surface area contributed by atoms with Crippen molar-refractivity contribution in [2.75, 3.05) is 6.61 Å². The molecule has 0 saturated heterocycles. The van der Waals surface area contributed by atoms with Gasteiger partial charge in [0.2, 0.25) is 0 Å². The summed E-state index contributed by atoms with van der Waals surface area (Å²) >= 11 is 11.7. The lowest BCUT2D eigenvalue weighted by atomic mass is 9.83. The standard InChI is InChI=1S/C25H25Cl2FN2O2/c26-18-6-12-23-17(14-18)5-11-24(30-23)25(31)29-19-7-3-16(4-8-19)2-1-13-32-20-9-10-21(27)22(28)15-20/h5-6,9-12,14-16,19H,1-4,7-8,13H2,(H,29,31). The fraction of sp³-hybridized carbons (Fsp3) is 0.360. The second-order valence-corrected chi connectivity index (χ2v) is 9.13. The van der Waals surface area contributed by atoms with Crippen LogP contribution >= 0.6 is 23.2 Å². The molecule has 4 nitrogen and oxygen atoms in total. The summed E-state index contributed by atoms with van der Waals surface area (Å²) < 4.78 is 19.1. The number of rotatable bonds is 7. The summed E-state index contributed by atoms with van der Waals surface area (Å²) in [6, 6.07) is 13.7. The number of aromatic nitrogens is 1. The van der Waals surface area contributed by atoms with E-state index in [1.165, 1.54) is 12.1 Å². The molecular formula is C25H25Cl2FN2O2. The lowest BCUT2D eigenvalue weighted by Gasteiger charge is -2.29. The summed E-state index contributed by atoms with van der Waals surface area (Å²) in [4.78, 5) is 17.1. The van der Waals surface area contributed by atoms with Crippen molar-refractivity contribution in [2.45, 2.75) is 44.6 Å². The normalized spacial score (nSPS) is 18.5. The summed E-state index contributed by atoms with van der Waals surface area (Å²) in [5.41, 5.74) is 1.19. The number of carbonyl (C=O) groups is 1. The average molecular weight is 475 g/mol. The molecule has 1 saturated carbocycles. The third-order valence-electron chi connectivity index (χ3n) is 5.98. The number of hydrogen-bond donors (Lipinski definition) is 1. The quantitative estimate of drug-likeness (QED) is 0.381. The number of pyridine rings is 1. The van der Waals surface area contributed by atoms with Crippen LogP contribution in [0.3, 0.4) is 0 Å². The van der Waals surface area contributed by atoms with E-state index in [0.717, 1.165) is 49.4 Å². The van der Waals surface area contributed by atoms with Crippen molar-refractivity contribution >= 4 is 40.0 Å². The lowest BCUT2D eigenvalue weighted by molar-refractivity contribution is 0.0916. The Morgan fingerprint density at radius 3 is 2.66 bits per heavy atom. The smallest absolute Gasteiger partial charge is 0.270 e. The van der Waals surface area contributed by atoms with Crippen LogP contribution in [-0.4, -0.2) is 23.5 Å². The van der Waals surface area contributed by atoms with Gasteiger partial charge in [-0.25, -0.2) is 9.37 Å². The first-order valence-electron chi connectivity index (χ1n) is 10.9. The second kappa shape index (κ2) is 10.5. The Morgan fingerprint density at radius 1 is 1.06 bits per heavy atom. The molecule has 1 heterocycles. The van der Waals surface area contributed by atoms with Crippen molar-refractivity contribution in [1.82, 2.24) is 10.3 Å². The number of amides is 1. The molecule has 168 valence electrons. The predicted molar refractivity (Wildman–Crippen MR) is 126 cm³/mol. The van der Waals surface area contributed by atoms with E-state index in [1.54, 1.807) is 18.2 Å². The summed E-state index contributed by atoms with van der Waals surface area (Å²) in [6.45, 7) is 0.552. The van der Waals surface area contributed by atoms with Crippen LogP contribution in [0.1, 0.15) is 49.0 Å². The van der Waals surface area contributed by atoms with Crippen LogP contribution in [0.5, 0.6) is 5.75 Å². The minimum Gasteiger partial charge on any atom is -0.493 e. The van der Waals surface area contributed by atoms with E-state index in [-0.39, 0.29) is 17.0 Å². The zero-order valence-electron chi connectivity index (χ0n) is 17.6. The van der Waals surface area contributed by atoms with Gasteiger partial charge in [0.1, 0.15) is 17.3 Å². The van der Waals surface area contributed by atoms with E-state index < -0.39 is 5.82 Å². The molecule has 32 heavy (non-hydrogen) atoms. The summed E-state index contributed by atoms with van der Waals surface area (Å²) in [7, 11) is 0. The highest BCUT2D eigenvalue weighted by atomic mass is 35.5. The molecule has 3 aromatic rings. The Kier molecular flexibility index (Phi) is 7.48. The third-order valence-corrected chi connectivity index (χ3v) is 6.52. The molecule has 0 radical (unpaired) electrons. The zero-order chi connectivity index (χ0) is 22.5. The minimum absolute atomic E-state index is 0.0995. The molecule has 1 aliphatic rings. The van der Waals surface area contributed by atoms with Crippen molar-refractivity contribution in [1.29, 1.82) is 0 Å². The topological polar surface area (TPSA) is 51.2 Å². The molecule has 0 spiro atoms. The van der Waals surface area contributed by atoms with E-state index in [9.17, 15) is 9.18 Å². The molecule has 7 heteroatoms. The van der Waals surface area contributed by atoms with Crippen LogP contribution in [0.2, 0.25) is 10.0 Å². The summed E-state index contributed by atoms with van der Waals surface area (Å²) in [6.07, 6.45) is 6.04. The van der Waals surface area contributed by atoms with Crippen LogP contribution in [0.15, 0.2) is 48.5 Å². The predicted octanol–water partition coefficient (Wildman–Crippen LogP) is 6.83. The Labute approximate surface area is 197 Å². The van der Waals surface area contributed by atoms with Gasteiger partial charge < -0.3 is 10.1 Å². The molecule has 2 aromatic carbocycles. The van der Waals surface area contributed by atoms with Crippen molar-refractivity contribution < 1.29 is 13.9 Å². The highest BCUT2D eigenvalue weighted by Crippen LogP contribution is 2.28. The van der Waals surface area contributed by atoms with E-state index in [2.05, 4.69) is 10.3 Å². The molecule has 4 rings (SSSR count). The number of ether oxygens (including phenoxy) is 1. The number of benzene rings is 2. The van der Waals surface area contributed by atoms with Crippen LogP contribution in [0.25, 0.3) is 10.9 Å². The molecule has 1 N–H and O–H groups in total. The largest absolute Gasteiger partial charge is 0.493 e. The fourth-order valence-electron chi connectivity index (χ4n) is 4.21. The first-order chi connectivity index (χ1) is 15.5. The number of halogens is 3. The summed E-state index contributed by atoms with van der Waals surface area (Å²) in [5.74, 6) is 0.530. The number of nitrogens with zero attached hydrogens (tertiary/aromatic N) is 1. The maximum Gasteiger partial charge on any atom is 0.270 e. The number of fused-ring (bicyclic) bond motifs is 1. The minimum atomic E-state index is -0.465. The average Bonchev–Trinajstić information content (AvgIpc) is 2.79. The highest BCUT2D eigenvalue weighted by molar-refractivity contribution is 6.31. The second-order valence-electron chi connectivity index (χ2n) is 8.29. The monoisotopic (exact) mass is 474 g/mol. The Balaban J connectivity index is 1.19. The van der Waals surface area contributed by atoms with Crippen LogP contribution in [0, 0.1) is 11.7 Å². The number of nitrogens with one attached hydrogen (secondary N) is 1. The molecule has 0 atom stereocenters. The molecule has 1 fully saturated rings. The maximum absolute atomic E-state index is 13.4. The maximum atomic E-state index is 13.4. The van der Waals surface area contributed by atoms with E-state index in [4.69, 9.17) is 27.9 Å². The highest BCUT2D eigenvalue weighted by Gasteiger charge is 2.23. The van der Waals surface area contributed by atoms with E-state index in [0.29, 0.717) is 29.0 Å². The van der Waals surface area contributed by atoms with E-state index in [1.807, 2.05) is 18.2 Å². The molecule has 0 aliphatic heterocycles. The Hall–Kier alpha value is -2.37. The molecular weight excluding hydrogens is 450 g/mol. The number of hydrogen-bond acceptors (Lipinski definition) is 3. The molecule has 1 amide bonds. The molecule has 1 aromatic heterocycles. The van der Waals surface area contributed by atoms with Crippen LogP contribution in [-0.2, 0) is 0 Å².